The van der Waals surface area contributed by atoms with Crippen molar-refractivity contribution >= 4 is 17.5 Å². The van der Waals surface area contributed by atoms with Gasteiger partial charge in [0.2, 0.25) is 5.95 Å². The molecule has 0 saturated carbocycles. The highest BCUT2D eigenvalue weighted by molar-refractivity contribution is 6.30. The lowest BCUT2D eigenvalue weighted by molar-refractivity contribution is 0.414. The summed E-state index contributed by atoms with van der Waals surface area (Å²) in [6.45, 7) is 2.07. The molecule has 3 aromatic rings. The zero-order chi connectivity index (χ0) is 16.7. The maximum atomic E-state index is 10.2. The Hall–Kier alpha value is -2.53. The molecule has 2 N–H and O–H groups in total. The molecule has 0 fully saturated rings. The van der Waals surface area contributed by atoms with E-state index in [4.69, 9.17) is 11.6 Å². The predicted octanol–water partition coefficient (Wildman–Crippen LogP) is 4.09. The first-order valence-corrected chi connectivity index (χ1v) is 8.20. The van der Waals surface area contributed by atoms with E-state index < -0.39 is 0 Å². The fraction of sp³-hybridized carbons (Fsp3) is 0.222. The highest BCUT2D eigenvalue weighted by Gasteiger charge is 2.31. The molecule has 1 aliphatic rings. The van der Waals surface area contributed by atoms with E-state index in [1.54, 1.807) is 24.5 Å². The van der Waals surface area contributed by atoms with E-state index in [0.717, 1.165) is 12.0 Å². The van der Waals surface area contributed by atoms with Crippen LogP contribution in [-0.4, -0.2) is 19.9 Å². The fourth-order valence-corrected chi connectivity index (χ4v) is 3.37. The first-order chi connectivity index (χ1) is 11.6. The number of fused-ring (bicyclic) bond motifs is 1. The normalized spacial score (nSPS) is 19.6. The molecule has 0 unspecified atom stereocenters. The summed E-state index contributed by atoms with van der Waals surface area (Å²) in [5.41, 5.74) is 3.16. The van der Waals surface area contributed by atoms with Crippen LogP contribution < -0.4 is 5.32 Å². The molecule has 122 valence electrons. The van der Waals surface area contributed by atoms with E-state index in [0.29, 0.717) is 11.0 Å². The van der Waals surface area contributed by atoms with Gasteiger partial charge in [-0.3, -0.25) is 0 Å². The second kappa shape index (κ2) is 5.83. The highest BCUT2D eigenvalue weighted by atomic mass is 35.5. The van der Waals surface area contributed by atoms with Gasteiger partial charge in [-0.2, -0.15) is 10.1 Å². The molecule has 1 aliphatic heterocycles. The molecule has 0 aliphatic carbocycles. The van der Waals surface area contributed by atoms with Crippen molar-refractivity contribution in [3.63, 3.8) is 0 Å². The van der Waals surface area contributed by atoms with Crippen molar-refractivity contribution in [3.05, 3.63) is 70.5 Å². The van der Waals surface area contributed by atoms with E-state index in [2.05, 4.69) is 46.6 Å². The van der Waals surface area contributed by atoms with E-state index in [9.17, 15) is 5.11 Å². The average Bonchev–Trinajstić information content (AvgIpc) is 3.05. The predicted molar refractivity (Wildman–Crippen MR) is 93.4 cm³/mol. The average molecular weight is 341 g/mol. The van der Waals surface area contributed by atoms with Crippen LogP contribution in [0, 0.1) is 6.92 Å². The van der Waals surface area contributed by atoms with Gasteiger partial charge in [-0.1, -0.05) is 41.4 Å². The number of hydrogen-bond acceptors (Lipinski definition) is 4. The Balaban J connectivity index is 1.76. The molecule has 6 heteroatoms. The van der Waals surface area contributed by atoms with Gasteiger partial charge in [0.15, 0.2) is 0 Å². The van der Waals surface area contributed by atoms with Crippen molar-refractivity contribution in [1.82, 2.24) is 14.8 Å². The molecule has 2 heterocycles. The van der Waals surface area contributed by atoms with Crippen LogP contribution in [0.25, 0.3) is 0 Å². The molecule has 2 atom stereocenters. The van der Waals surface area contributed by atoms with Crippen molar-refractivity contribution in [2.24, 2.45) is 0 Å². The Morgan fingerprint density at radius 1 is 1.21 bits per heavy atom. The molecule has 0 bridgehead atoms. The van der Waals surface area contributed by atoms with Crippen LogP contribution in [0.4, 0.5) is 5.95 Å². The van der Waals surface area contributed by atoms with E-state index in [-0.39, 0.29) is 17.8 Å². The minimum Gasteiger partial charge on any atom is -0.508 e. The molecule has 24 heavy (non-hydrogen) atoms. The Labute approximate surface area is 144 Å². The van der Waals surface area contributed by atoms with Crippen LogP contribution >= 0.6 is 11.6 Å². The number of hydrogen-bond donors (Lipinski definition) is 2. The zero-order valence-corrected chi connectivity index (χ0v) is 13.9. The summed E-state index contributed by atoms with van der Waals surface area (Å²) in [6.07, 6.45) is 2.29. The first-order valence-electron chi connectivity index (χ1n) is 7.83. The number of halogens is 1. The number of nitrogens with one attached hydrogen (secondary N) is 1. The summed E-state index contributed by atoms with van der Waals surface area (Å²) >= 11 is 6.11. The molecule has 4 rings (SSSR count). The minimum atomic E-state index is -0.0910. The number of aromatic hydroxyl groups is 1. The van der Waals surface area contributed by atoms with Gasteiger partial charge in [-0.05, 0) is 37.1 Å². The molecule has 5 nitrogen and oxygen atoms in total. The molecule has 2 aromatic carbocycles. The maximum Gasteiger partial charge on any atom is 0.222 e. The molecule has 0 radical (unpaired) electrons. The lowest BCUT2D eigenvalue weighted by atomic mass is 9.92. The monoisotopic (exact) mass is 340 g/mol. The van der Waals surface area contributed by atoms with Crippen LogP contribution in [0.1, 0.15) is 35.2 Å². The fourth-order valence-electron chi connectivity index (χ4n) is 3.19. The number of nitrogens with zero attached hydrogens (tertiary/aromatic N) is 3. The summed E-state index contributed by atoms with van der Waals surface area (Å²) in [7, 11) is 0. The topological polar surface area (TPSA) is 63.0 Å². The van der Waals surface area contributed by atoms with Gasteiger partial charge >= 0.3 is 0 Å². The number of aromatic nitrogens is 3. The van der Waals surface area contributed by atoms with Crippen molar-refractivity contribution < 1.29 is 5.11 Å². The summed E-state index contributed by atoms with van der Waals surface area (Å²) in [6, 6.07) is 13.5. The van der Waals surface area contributed by atoms with Crippen molar-refractivity contribution in [2.75, 3.05) is 5.32 Å². The minimum absolute atomic E-state index is 0.0488. The molecule has 0 saturated heterocycles. The molecular weight excluding hydrogens is 324 g/mol. The van der Waals surface area contributed by atoms with E-state index in [1.165, 1.54) is 11.1 Å². The van der Waals surface area contributed by atoms with Gasteiger partial charge in [-0.25, -0.2) is 4.68 Å². The van der Waals surface area contributed by atoms with Gasteiger partial charge in [0, 0.05) is 10.6 Å². The number of phenols is 1. The number of rotatable bonds is 2. The third kappa shape index (κ3) is 2.61. The Bertz CT molecular complexity index is 875. The summed E-state index contributed by atoms with van der Waals surface area (Å²) in [5, 5.41) is 18.5. The third-order valence-electron chi connectivity index (χ3n) is 4.46. The van der Waals surface area contributed by atoms with Gasteiger partial charge in [0.25, 0.3) is 0 Å². The number of phenolic OH excluding ortho intramolecular Hbond substituents is 1. The Morgan fingerprint density at radius 2 is 2.00 bits per heavy atom. The highest BCUT2D eigenvalue weighted by Crippen LogP contribution is 2.40. The molecule has 1 aromatic heterocycles. The van der Waals surface area contributed by atoms with Crippen molar-refractivity contribution in [3.8, 4) is 5.75 Å². The second-order valence-electron chi connectivity index (χ2n) is 6.09. The van der Waals surface area contributed by atoms with Crippen molar-refractivity contribution in [1.29, 1.82) is 0 Å². The van der Waals surface area contributed by atoms with Crippen LogP contribution in [0.2, 0.25) is 5.02 Å². The molecule has 0 amide bonds. The second-order valence-corrected chi connectivity index (χ2v) is 6.53. The largest absolute Gasteiger partial charge is 0.508 e. The van der Waals surface area contributed by atoms with Gasteiger partial charge in [0.1, 0.15) is 12.1 Å². The Morgan fingerprint density at radius 3 is 2.79 bits per heavy atom. The summed E-state index contributed by atoms with van der Waals surface area (Å²) in [4.78, 5) is 4.30. The maximum absolute atomic E-state index is 10.2. The van der Waals surface area contributed by atoms with Gasteiger partial charge in [-0.15, -0.1) is 0 Å². The van der Waals surface area contributed by atoms with Crippen LogP contribution in [0.5, 0.6) is 5.75 Å². The van der Waals surface area contributed by atoms with E-state index in [1.807, 2.05) is 4.68 Å². The summed E-state index contributed by atoms with van der Waals surface area (Å²) < 4.78 is 1.89. The molecule has 0 spiro atoms. The zero-order valence-electron chi connectivity index (χ0n) is 13.1. The van der Waals surface area contributed by atoms with Gasteiger partial charge in [0.05, 0.1) is 12.1 Å². The quantitative estimate of drug-likeness (QED) is 0.737. The third-order valence-corrected chi connectivity index (χ3v) is 4.69. The SMILES string of the molecule is Cc1ccc([C@H]2C[C@@H](c3cc(Cl)ccc3O)Nc3ncnn32)cc1. The molecular formula is C18H17ClN4O. The lowest BCUT2D eigenvalue weighted by Crippen LogP contribution is -2.28. The number of benzene rings is 2. The van der Waals surface area contributed by atoms with Crippen LogP contribution in [0.3, 0.4) is 0 Å². The number of aryl methyl sites for hydroxylation is 1. The lowest BCUT2D eigenvalue weighted by Gasteiger charge is -2.32. The van der Waals surface area contributed by atoms with Crippen LogP contribution in [-0.2, 0) is 0 Å². The van der Waals surface area contributed by atoms with E-state index >= 15 is 0 Å². The first kappa shape index (κ1) is 15.0. The smallest absolute Gasteiger partial charge is 0.222 e. The standard InChI is InChI=1S/C18H17ClN4O/c1-11-2-4-12(5-3-11)16-9-15(22-18-20-10-21-23(16)18)14-8-13(19)6-7-17(14)24/h2-8,10,15-16,24H,9H2,1H3,(H,20,21,22)/t15-,16+/m0/s1. The number of anilines is 1. The summed E-state index contributed by atoms with van der Waals surface area (Å²) in [5.74, 6) is 0.920. The van der Waals surface area contributed by atoms with Gasteiger partial charge < -0.3 is 10.4 Å². The van der Waals surface area contributed by atoms with Crippen LogP contribution in [0.15, 0.2) is 48.8 Å². The van der Waals surface area contributed by atoms with Crippen molar-refractivity contribution in [2.45, 2.75) is 25.4 Å². The Kier molecular flexibility index (Phi) is 3.65.